The lowest BCUT2D eigenvalue weighted by Gasteiger charge is -2.03. The molecule has 0 saturated carbocycles. The maximum Gasteiger partial charge on any atom is 0.157 e. The van der Waals surface area contributed by atoms with Crippen molar-refractivity contribution >= 4 is 38.9 Å². The van der Waals surface area contributed by atoms with E-state index < -0.39 is 0 Å². The maximum absolute atomic E-state index is 9.74. The van der Waals surface area contributed by atoms with Crippen LogP contribution in [-0.4, -0.2) is 21.3 Å². The molecule has 2 N–H and O–H groups in total. The van der Waals surface area contributed by atoms with Crippen LogP contribution < -0.4 is 5.43 Å². The minimum Gasteiger partial charge on any atom is -0.507 e. The van der Waals surface area contributed by atoms with E-state index in [9.17, 15) is 5.11 Å². The molecule has 0 aliphatic heterocycles. The first-order valence-corrected chi connectivity index (χ1v) is 7.01. The van der Waals surface area contributed by atoms with Gasteiger partial charge in [-0.25, -0.2) is 9.97 Å². The normalized spacial score (nSPS) is 11.1. The Morgan fingerprint density at radius 1 is 1.14 bits per heavy atom. The molecule has 0 atom stereocenters. The highest BCUT2D eigenvalue weighted by Gasteiger charge is 2.02. The van der Waals surface area contributed by atoms with E-state index in [0.717, 1.165) is 15.4 Å². The molecule has 0 spiro atoms. The van der Waals surface area contributed by atoms with Crippen LogP contribution in [0, 0.1) is 0 Å². The van der Waals surface area contributed by atoms with Crippen molar-refractivity contribution in [2.24, 2.45) is 5.10 Å². The van der Waals surface area contributed by atoms with Gasteiger partial charge in [0.25, 0.3) is 0 Å². The Morgan fingerprint density at radius 3 is 2.90 bits per heavy atom. The lowest BCUT2D eigenvalue weighted by molar-refractivity contribution is 0.474. The second-order valence-electron chi connectivity index (χ2n) is 4.31. The molecule has 0 aliphatic carbocycles. The molecule has 0 fully saturated rings. The Balaban J connectivity index is 1.86. The average Bonchev–Trinajstić information content (AvgIpc) is 2.51. The molecule has 3 aromatic rings. The zero-order valence-corrected chi connectivity index (χ0v) is 12.4. The highest BCUT2D eigenvalue weighted by molar-refractivity contribution is 9.10. The minimum absolute atomic E-state index is 0.163. The van der Waals surface area contributed by atoms with Crippen molar-refractivity contribution in [2.75, 3.05) is 5.43 Å². The van der Waals surface area contributed by atoms with Gasteiger partial charge < -0.3 is 5.11 Å². The second kappa shape index (κ2) is 5.88. The third kappa shape index (κ3) is 3.00. The molecule has 104 valence electrons. The minimum atomic E-state index is 0.163. The van der Waals surface area contributed by atoms with Gasteiger partial charge in [0.05, 0.1) is 11.7 Å². The van der Waals surface area contributed by atoms with Gasteiger partial charge in [-0.1, -0.05) is 28.1 Å². The average molecular weight is 343 g/mol. The Hall–Kier alpha value is -2.47. The Kier molecular flexibility index (Phi) is 3.79. The van der Waals surface area contributed by atoms with Gasteiger partial charge in [0.1, 0.15) is 12.1 Å². The van der Waals surface area contributed by atoms with E-state index in [0.29, 0.717) is 11.4 Å². The highest BCUT2D eigenvalue weighted by Crippen LogP contribution is 2.21. The standard InChI is InChI=1S/C15H11BrN4O/c16-11-5-6-14(21)10(7-11)8-19-20-15-12-3-1-2-4-13(12)17-9-18-15/h1-9,21H,(H,17,18,20)/b19-8-. The summed E-state index contributed by atoms with van der Waals surface area (Å²) in [5.41, 5.74) is 4.32. The topological polar surface area (TPSA) is 70.4 Å². The summed E-state index contributed by atoms with van der Waals surface area (Å²) < 4.78 is 0.870. The van der Waals surface area contributed by atoms with Crippen LogP contribution in [0.5, 0.6) is 5.75 Å². The van der Waals surface area contributed by atoms with Crippen LogP contribution in [0.2, 0.25) is 0 Å². The number of fused-ring (bicyclic) bond motifs is 1. The van der Waals surface area contributed by atoms with Crippen molar-refractivity contribution in [3.8, 4) is 5.75 Å². The van der Waals surface area contributed by atoms with E-state index in [4.69, 9.17) is 0 Å². The molecule has 6 heteroatoms. The van der Waals surface area contributed by atoms with Crippen molar-refractivity contribution in [2.45, 2.75) is 0 Å². The van der Waals surface area contributed by atoms with E-state index in [2.05, 4.69) is 36.4 Å². The van der Waals surface area contributed by atoms with Crippen LogP contribution in [-0.2, 0) is 0 Å². The summed E-state index contributed by atoms with van der Waals surface area (Å²) in [6, 6.07) is 12.8. The first-order valence-electron chi connectivity index (χ1n) is 6.21. The smallest absolute Gasteiger partial charge is 0.157 e. The number of aromatic hydroxyl groups is 1. The SMILES string of the molecule is Oc1ccc(Br)cc1/C=N\Nc1ncnc2ccccc12. The molecule has 0 bridgehead atoms. The molecular formula is C15H11BrN4O. The van der Waals surface area contributed by atoms with E-state index in [1.54, 1.807) is 18.2 Å². The van der Waals surface area contributed by atoms with Gasteiger partial charge in [0.2, 0.25) is 0 Å². The Morgan fingerprint density at radius 2 is 2.00 bits per heavy atom. The van der Waals surface area contributed by atoms with E-state index in [1.807, 2.05) is 24.3 Å². The van der Waals surface area contributed by atoms with Crippen LogP contribution in [0.4, 0.5) is 5.82 Å². The lowest BCUT2D eigenvalue weighted by atomic mass is 10.2. The van der Waals surface area contributed by atoms with Gasteiger partial charge in [0, 0.05) is 15.4 Å². The van der Waals surface area contributed by atoms with Crippen molar-refractivity contribution in [1.82, 2.24) is 9.97 Å². The number of phenols is 1. The molecule has 3 rings (SSSR count). The number of nitrogens with one attached hydrogen (secondary N) is 1. The predicted octanol–water partition coefficient (Wildman–Crippen LogP) is 3.54. The van der Waals surface area contributed by atoms with Gasteiger partial charge in [-0.3, -0.25) is 5.43 Å². The first-order chi connectivity index (χ1) is 10.2. The molecule has 0 saturated heterocycles. The van der Waals surface area contributed by atoms with E-state index >= 15 is 0 Å². The third-order valence-electron chi connectivity index (χ3n) is 2.91. The van der Waals surface area contributed by atoms with E-state index in [1.165, 1.54) is 12.5 Å². The summed E-state index contributed by atoms with van der Waals surface area (Å²) in [6.45, 7) is 0. The van der Waals surface area contributed by atoms with Crippen LogP contribution in [0.3, 0.4) is 0 Å². The van der Waals surface area contributed by atoms with Gasteiger partial charge in [-0.05, 0) is 30.3 Å². The summed E-state index contributed by atoms with van der Waals surface area (Å²) in [6.07, 6.45) is 3.02. The molecule has 1 heterocycles. The number of hydrazone groups is 1. The molecule has 2 aromatic carbocycles. The van der Waals surface area contributed by atoms with Crippen LogP contribution >= 0.6 is 15.9 Å². The van der Waals surface area contributed by atoms with Crippen molar-refractivity contribution < 1.29 is 5.11 Å². The second-order valence-corrected chi connectivity index (χ2v) is 5.23. The Bertz CT molecular complexity index is 814. The molecule has 0 aliphatic rings. The highest BCUT2D eigenvalue weighted by atomic mass is 79.9. The number of hydrogen-bond donors (Lipinski definition) is 2. The number of benzene rings is 2. The number of rotatable bonds is 3. The quantitative estimate of drug-likeness (QED) is 0.564. The number of halogens is 1. The number of para-hydroxylation sites is 1. The van der Waals surface area contributed by atoms with Crippen molar-refractivity contribution in [3.63, 3.8) is 0 Å². The fraction of sp³-hybridized carbons (Fsp3) is 0. The summed E-state index contributed by atoms with van der Waals surface area (Å²) >= 11 is 3.35. The zero-order chi connectivity index (χ0) is 14.7. The molecule has 0 unspecified atom stereocenters. The van der Waals surface area contributed by atoms with Gasteiger partial charge >= 0.3 is 0 Å². The van der Waals surface area contributed by atoms with Crippen molar-refractivity contribution in [3.05, 3.63) is 58.8 Å². The third-order valence-corrected chi connectivity index (χ3v) is 3.40. The molecular weight excluding hydrogens is 332 g/mol. The molecule has 0 radical (unpaired) electrons. The molecule has 0 amide bonds. The number of phenolic OH excluding ortho intramolecular Hbond substituents is 1. The van der Waals surface area contributed by atoms with E-state index in [-0.39, 0.29) is 5.75 Å². The fourth-order valence-electron chi connectivity index (χ4n) is 1.89. The number of anilines is 1. The maximum atomic E-state index is 9.74. The lowest BCUT2D eigenvalue weighted by Crippen LogP contribution is -1.96. The van der Waals surface area contributed by atoms with Crippen LogP contribution in [0.15, 0.2) is 58.4 Å². The number of hydrogen-bond acceptors (Lipinski definition) is 5. The summed E-state index contributed by atoms with van der Waals surface area (Å²) in [7, 11) is 0. The first kappa shape index (κ1) is 13.5. The van der Waals surface area contributed by atoms with Crippen LogP contribution in [0.25, 0.3) is 10.9 Å². The molecule has 21 heavy (non-hydrogen) atoms. The summed E-state index contributed by atoms with van der Waals surface area (Å²) in [4.78, 5) is 8.35. The monoisotopic (exact) mass is 342 g/mol. The molecule has 1 aromatic heterocycles. The molecule has 5 nitrogen and oxygen atoms in total. The number of nitrogens with zero attached hydrogens (tertiary/aromatic N) is 3. The van der Waals surface area contributed by atoms with Gasteiger partial charge in [-0.2, -0.15) is 5.10 Å². The van der Waals surface area contributed by atoms with Gasteiger partial charge in [0.15, 0.2) is 5.82 Å². The van der Waals surface area contributed by atoms with Crippen LogP contribution in [0.1, 0.15) is 5.56 Å². The van der Waals surface area contributed by atoms with Crippen molar-refractivity contribution in [1.29, 1.82) is 0 Å². The zero-order valence-electron chi connectivity index (χ0n) is 10.9. The largest absolute Gasteiger partial charge is 0.507 e. The summed E-state index contributed by atoms with van der Waals surface area (Å²) in [5, 5.41) is 14.7. The van der Waals surface area contributed by atoms with Gasteiger partial charge in [-0.15, -0.1) is 0 Å². The predicted molar refractivity (Wildman–Crippen MR) is 86.6 cm³/mol. The summed E-state index contributed by atoms with van der Waals surface area (Å²) in [5.74, 6) is 0.780. The number of aromatic nitrogens is 2. The Labute approximate surface area is 129 Å². The fourth-order valence-corrected chi connectivity index (χ4v) is 2.26.